The number of nitrogens with one attached hydrogen (secondary N) is 1. The average Bonchev–Trinajstić information content (AvgIpc) is 2.79. The van der Waals surface area contributed by atoms with E-state index in [0.717, 1.165) is 22.6 Å². The summed E-state index contributed by atoms with van der Waals surface area (Å²) in [6.07, 6.45) is 2.10. The monoisotopic (exact) mass is 258 g/mol. The van der Waals surface area contributed by atoms with Gasteiger partial charge < -0.3 is 9.72 Å². The Bertz CT molecular complexity index is 588. The molecule has 1 N–H and O–H groups in total. The zero-order valence-electron chi connectivity index (χ0n) is 11.5. The highest BCUT2D eigenvalue weighted by Crippen LogP contribution is 2.25. The highest BCUT2D eigenvalue weighted by atomic mass is 16.5. The van der Waals surface area contributed by atoms with Crippen molar-refractivity contribution in [1.29, 1.82) is 0 Å². The van der Waals surface area contributed by atoms with Crippen LogP contribution < -0.4 is 4.74 Å². The van der Waals surface area contributed by atoms with Crippen LogP contribution in [-0.2, 0) is 11.2 Å². The third-order valence-electron chi connectivity index (χ3n) is 2.83. The van der Waals surface area contributed by atoms with Crippen LogP contribution >= 0.6 is 0 Å². The molecular formula is C15H18N2O2. The molecule has 19 heavy (non-hydrogen) atoms. The minimum atomic E-state index is 0.101. The number of carbonyl (C=O) groups is 1. The maximum absolute atomic E-state index is 11.1. The molecule has 2 rings (SSSR count). The van der Waals surface area contributed by atoms with Crippen LogP contribution in [0.3, 0.4) is 0 Å². The molecule has 0 spiro atoms. The van der Waals surface area contributed by atoms with Gasteiger partial charge in [-0.25, -0.2) is 4.98 Å². The van der Waals surface area contributed by atoms with Gasteiger partial charge in [0.15, 0.2) is 0 Å². The molecule has 0 aliphatic rings. The van der Waals surface area contributed by atoms with Gasteiger partial charge in [0.2, 0.25) is 0 Å². The third kappa shape index (κ3) is 3.22. The summed E-state index contributed by atoms with van der Waals surface area (Å²) in [5.41, 5.74) is 3.05. The normalized spacial score (nSPS) is 10.5. The zero-order valence-corrected chi connectivity index (χ0v) is 11.5. The third-order valence-corrected chi connectivity index (χ3v) is 2.83. The topological polar surface area (TPSA) is 55.0 Å². The minimum absolute atomic E-state index is 0.101. The van der Waals surface area contributed by atoms with E-state index in [1.807, 2.05) is 26.0 Å². The van der Waals surface area contributed by atoms with Gasteiger partial charge in [-0.15, -0.1) is 0 Å². The van der Waals surface area contributed by atoms with Crippen LogP contribution in [0.5, 0.6) is 5.75 Å². The average molecular weight is 258 g/mol. The number of Topliss-reactive ketones (excluding diaryl/α,β-unsaturated/α-hetero) is 1. The van der Waals surface area contributed by atoms with Gasteiger partial charge in [0.05, 0.1) is 24.9 Å². The van der Waals surface area contributed by atoms with E-state index in [0.29, 0.717) is 18.9 Å². The van der Waals surface area contributed by atoms with Gasteiger partial charge in [-0.1, -0.05) is 0 Å². The summed E-state index contributed by atoms with van der Waals surface area (Å²) in [4.78, 5) is 18.4. The second-order valence-corrected chi connectivity index (χ2v) is 4.54. The predicted molar refractivity (Wildman–Crippen MR) is 74.3 cm³/mol. The van der Waals surface area contributed by atoms with Crippen LogP contribution in [0.25, 0.3) is 11.3 Å². The number of imidazole rings is 1. The van der Waals surface area contributed by atoms with Crippen molar-refractivity contribution in [2.24, 2.45) is 0 Å². The minimum Gasteiger partial charge on any atom is -0.494 e. The Morgan fingerprint density at radius 3 is 2.84 bits per heavy atom. The van der Waals surface area contributed by atoms with E-state index in [4.69, 9.17) is 4.74 Å². The summed E-state index contributed by atoms with van der Waals surface area (Å²) >= 11 is 0. The summed E-state index contributed by atoms with van der Waals surface area (Å²) in [6, 6.07) is 6.00. The highest BCUT2D eigenvalue weighted by molar-refractivity contribution is 5.77. The van der Waals surface area contributed by atoms with Gasteiger partial charge in [-0.3, -0.25) is 4.79 Å². The molecule has 1 heterocycles. The van der Waals surface area contributed by atoms with E-state index in [1.54, 1.807) is 13.1 Å². The number of ether oxygens (including phenoxy) is 1. The lowest BCUT2D eigenvalue weighted by molar-refractivity contribution is -0.116. The Labute approximate surface area is 112 Å². The molecule has 0 bridgehead atoms. The Morgan fingerprint density at radius 2 is 2.21 bits per heavy atom. The number of aryl methyl sites for hydroxylation is 1. The van der Waals surface area contributed by atoms with Crippen LogP contribution in [0.4, 0.5) is 0 Å². The standard InChI is InChI=1S/C15H18N2O2/c1-4-19-14-6-5-12(7-10(14)2)13-9-16-15(17-13)8-11(3)18/h5-7,9H,4,8H2,1-3H3,(H,16,17). The lowest BCUT2D eigenvalue weighted by Gasteiger charge is -2.08. The molecule has 1 aromatic heterocycles. The maximum atomic E-state index is 11.1. The first kappa shape index (κ1) is 13.3. The van der Waals surface area contributed by atoms with Gasteiger partial charge in [0, 0.05) is 5.56 Å². The van der Waals surface area contributed by atoms with Crippen molar-refractivity contribution < 1.29 is 9.53 Å². The number of H-pyrrole nitrogens is 1. The lowest BCUT2D eigenvalue weighted by Crippen LogP contribution is -1.98. The van der Waals surface area contributed by atoms with Crippen molar-refractivity contribution in [1.82, 2.24) is 9.97 Å². The Kier molecular flexibility index (Phi) is 4.00. The molecule has 1 aromatic carbocycles. The molecule has 0 amide bonds. The van der Waals surface area contributed by atoms with E-state index in [2.05, 4.69) is 16.0 Å². The van der Waals surface area contributed by atoms with Gasteiger partial charge in [0.25, 0.3) is 0 Å². The molecule has 0 saturated heterocycles. The van der Waals surface area contributed by atoms with E-state index in [-0.39, 0.29) is 5.78 Å². The van der Waals surface area contributed by atoms with E-state index >= 15 is 0 Å². The molecule has 100 valence electrons. The fourth-order valence-corrected chi connectivity index (χ4v) is 1.97. The van der Waals surface area contributed by atoms with E-state index < -0.39 is 0 Å². The zero-order chi connectivity index (χ0) is 13.8. The van der Waals surface area contributed by atoms with Crippen molar-refractivity contribution in [3.63, 3.8) is 0 Å². The van der Waals surface area contributed by atoms with Crippen molar-refractivity contribution in [2.45, 2.75) is 27.2 Å². The fraction of sp³-hybridized carbons (Fsp3) is 0.333. The van der Waals surface area contributed by atoms with Crippen LogP contribution in [0.15, 0.2) is 24.4 Å². The lowest BCUT2D eigenvalue weighted by atomic mass is 10.1. The number of aromatic amines is 1. The number of rotatable bonds is 5. The summed E-state index contributed by atoms with van der Waals surface area (Å²) < 4.78 is 5.51. The summed E-state index contributed by atoms with van der Waals surface area (Å²) in [5.74, 6) is 1.70. The fourth-order valence-electron chi connectivity index (χ4n) is 1.97. The van der Waals surface area contributed by atoms with Gasteiger partial charge in [-0.2, -0.15) is 0 Å². The molecule has 0 aliphatic carbocycles. The predicted octanol–water partition coefficient (Wildman–Crippen LogP) is 2.92. The Hall–Kier alpha value is -2.10. The molecule has 0 saturated carbocycles. The number of benzene rings is 1. The summed E-state index contributed by atoms with van der Waals surface area (Å²) in [7, 11) is 0. The molecule has 2 aromatic rings. The number of hydrogen-bond acceptors (Lipinski definition) is 3. The smallest absolute Gasteiger partial charge is 0.137 e. The number of aromatic nitrogens is 2. The summed E-state index contributed by atoms with van der Waals surface area (Å²) in [5, 5.41) is 0. The van der Waals surface area contributed by atoms with Crippen LogP contribution in [-0.4, -0.2) is 22.4 Å². The van der Waals surface area contributed by atoms with E-state index in [1.165, 1.54) is 0 Å². The second kappa shape index (κ2) is 5.69. The Morgan fingerprint density at radius 1 is 1.42 bits per heavy atom. The molecule has 0 atom stereocenters. The molecule has 4 nitrogen and oxygen atoms in total. The SMILES string of the molecule is CCOc1ccc(-c2cnc(CC(C)=O)[nH]2)cc1C. The van der Waals surface area contributed by atoms with Crippen molar-refractivity contribution in [3.8, 4) is 17.0 Å². The van der Waals surface area contributed by atoms with Crippen molar-refractivity contribution in [2.75, 3.05) is 6.61 Å². The number of nitrogens with zero attached hydrogens (tertiary/aromatic N) is 1. The molecule has 0 aliphatic heterocycles. The van der Waals surface area contributed by atoms with Crippen LogP contribution in [0.2, 0.25) is 0 Å². The maximum Gasteiger partial charge on any atom is 0.137 e. The first-order valence-corrected chi connectivity index (χ1v) is 6.37. The quantitative estimate of drug-likeness (QED) is 0.897. The second-order valence-electron chi connectivity index (χ2n) is 4.54. The van der Waals surface area contributed by atoms with Gasteiger partial charge in [-0.05, 0) is 44.5 Å². The number of hydrogen-bond donors (Lipinski definition) is 1. The molecule has 0 fully saturated rings. The molecule has 0 unspecified atom stereocenters. The summed E-state index contributed by atoms with van der Waals surface area (Å²) in [6.45, 7) is 6.20. The Balaban J connectivity index is 2.24. The molecule has 0 radical (unpaired) electrons. The number of carbonyl (C=O) groups excluding carboxylic acids is 1. The van der Waals surface area contributed by atoms with Gasteiger partial charge in [0.1, 0.15) is 17.4 Å². The van der Waals surface area contributed by atoms with Crippen LogP contribution in [0, 0.1) is 6.92 Å². The van der Waals surface area contributed by atoms with Gasteiger partial charge >= 0.3 is 0 Å². The highest BCUT2D eigenvalue weighted by Gasteiger charge is 2.07. The first-order valence-electron chi connectivity index (χ1n) is 6.37. The number of ketones is 1. The van der Waals surface area contributed by atoms with Crippen molar-refractivity contribution >= 4 is 5.78 Å². The van der Waals surface area contributed by atoms with Crippen LogP contribution in [0.1, 0.15) is 25.2 Å². The molecular weight excluding hydrogens is 240 g/mol. The van der Waals surface area contributed by atoms with Crippen molar-refractivity contribution in [3.05, 3.63) is 35.8 Å². The largest absolute Gasteiger partial charge is 0.494 e. The van der Waals surface area contributed by atoms with E-state index in [9.17, 15) is 4.79 Å². The first-order chi connectivity index (χ1) is 9.10. The molecule has 4 heteroatoms.